The van der Waals surface area contributed by atoms with Gasteiger partial charge in [-0.3, -0.25) is 28.8 Å². The highest BCUT2D eigenvalue weighted by Crippen LogP contribution is 2.20. The molecule has 0 spiro atoms. The number of sulfonamides is 6. The number of aryl methyl sites for hydroxylation is 6. The summed E-state index contributed by atoms with van der Waals surface area (Å²) in [5, 5.41) is 17.8. The van der Waals surface area contributed by atoms with Crippen LogP contribution in [-0.2, 0) is 88.9 Å². The van der Waals surface area contributed by atoms with E-state index in [9.17, 15) is 79.3 Å². The topological polar surface area (TPSA) is 452 Å². The summed E-state index contributed by atoms with van der Waals surface area (Å²) in [4.78, 5) is 71.4. The van der Waals surface area contributed by atoms with Gasteiger partial charge >= 0.3 is 0 Å². The quantitative estimate of drug-likeness (QED) is 0.0587. The lowest BCUT2D eigenvalue weighted by Crippen LogP contribution is -2.43. The van der Waals surface area contributed by atoms with Gasteiger partial charge in [0.2, 0.25) is 0 Å². The van der Waals surface area contributed by atoms with Crippen LogP contribution in [0.25, 0.3) is 0 Å². The lowest BCUT2D eigenvalue weighted by Gasteiger charge is -2.12. The van der Waals surface area contributed by atoms with E-state index in [1.165, 1.54) is 60.7 Å². The van der Waals surface area contributed by atoms with Crippen LogP contribution in [0.1, 0.15) is 110 Å². The van der Waals surface area contributed by atoms with E-state index in [-0.39, 0.29) is 29.4 Å². The van der Waals surface area contributed by atoms with Crippen molar-refractivity contribution in [2.75, 3.05) is 39.3 Å². The fourth-order valence-electron chi connectivity index (χ4n) is 11.7. The second-order valence-electron chi connectivity index (χ2n) is 26.5. The van der Waals surface area contributed by atoms with Crippen molar-refractivity contribution in [1.82, 2.24) is 60.2 Å². The molecule has 12 rings (SSSR count). The molecule has 0 bridgehead atoms. The van der Waals surface area contributed by atoms with Crippen molar-refractivity contribution in [3.8, 4) is 0 Å². The first-order valence-corrected chi connectivity index (χ1v) is 44.0. The minimum Gasteiger partial charge on any atom is -0.306 e. The normalized spacial score (nSPS) is 19.7. The van der Waals surface area contributed by atoms with Gasteiger partial charge in [-0.25, -0.2) is 78.8 Å². The predicted octanol–water partition coefficient (Wildman–Crippen LogP) is 3.31. The lowest BCUT2D eigenvalue weighted by atomic mass is 10.2. The van der Waals surface area contributed by atoms with Crippen LogP contribution in [0.5, 0.6) is 0 Å². The first kappa shape index (κ1) is 86.8. The van der Waals surface area contributed by atoms with Crippen LogP contribution < -0.4 is 60.2 Å². The van der Waals surface area contributed by atoms with Gasteiger partial charge in [-0.05, 0) is 241 Å². The minimum absolute atomic E-state index is 0.111. The number of hydrogen-bond donors (Lipinski definition) is 12. The summed E-state index contributed by atoms with van der Waals surface area (Å²) in [6.45, 7) is 15.3. The van der Waals surface area contributed by atoms with Crippen LogP contribution in [0.15, 0.2) is 175 Å². The minimum atomic E-state index is -3.77. The Hall–Kier alpha value is -8.40. The molecule has 6 aromatic rings. The van der Waals surface area contributed by atoms with Gasteiger partial charge in [0.15, 0.2) is 0 Å². The maximum atomic E-state index is 12.1. The Morgan fingerprint density at radius 1 is 0.259 bits per heavy atom. The first-order valence-electron chi connectivity index (χ1n) is 35.1. The molecule has 0 aromatic heterocycles. The number of hydrogen-bond acceptors (Lipinski definition) is 24. The highest BCUT2D eigenvalue weighted by Gasteiger charge is 2.33. The highest BCUT2D eigenvalue weighted by molar-refractivity contribution is 7.91. The predicted molar refractivity (Wildman–Crippen MR) is 405 cm³/mol. The second-order valence-corrected chi connectivity index (χ2v) is 36.5. The van der Waals surface area contributed by atoms with Gasteiger partial charge in [0.05, 0.1) is 65.6 Å². The maximum absolute atomic E-state index is 12.1. The average molecular weight is 1610 g/mol. The monoisotopic (exact) mass is 1610 g/mol. The van der Waals surface area contributed by atoms with Crippen molar-refractivity contribution >= 4 is 95.6 Å². The molecule has 12 N–H and O–H groups in total. The number of rotatable bonds is 18. The van der Waals surface area contributed by atoms with Gasteiger partial charge in [0.25, 0.3) is 95.6 Å². The Morgan fingerprint density at radius 2 is 0.481 bits per heavy atom. The summed E-state index contributed by atoms with van der Waals surface area (Å²) in [6, 6.07) is 36.5. The summed E-state index contributed by atoms with van der Waals surface area (Å²) in [5.41, 5.74) is 4.86. The molecule has 6 heterocycles. The van der Waals surface area contributed by atoms with Gasteiger partial charge in [-0.2, -0.15) is 0 Å². The lowest BCUT2D eigenvalue weighted by molar-refractivity contribution is -0.121. The van der Waals surface area contributed by atoms with Crippen LogP contribution in [0, 0.1) is 41.5 Å². The smallest absolute Gasteiger partial charge is 0.264 e. The van der Waals surface area contributed by atoms with E-state index in [4.69, 9.17) is 0 Å². The third kappa shape index (κ3) is 26.4. The number of nitrogens with one attached hydrogen (secondary N) is 12. The van der Waals surface area contributed by atoms with Gasteiger partial charge in [-0.1, -0.05) is 96.1 Å². The average Bonchev–Trinajstić information content (AvgIpc) is 1.15. The molecule has 0 unspecified atom stereocenters. The zero-order chi connectivity index (χ0) is 79.0. The fourth-order valence-corrected chi connectivity index (χ4v) is 18.6. The van der Waals surface area contributed by atoms with Crippen LogP contribution in [0.4, 0.5) is 0 Å². The summed E-state index contributed by atoms with van der Waals surface area (Å²) < 4.78 is 157. The Balaban J connectivity index is 0.000000180. The number of amides is 6. The molecule has 0 aliphatic carbocycles. The summed E-state index contributed by atoms with van der Waals surface area (Å²) >= 11 is 0. The number of carbonyl (C=O) groups is 6. The van der Waals surface area contributed by atoms with Crippen molar-refractivity contribution in [3.63, 3.8) is 0 Å². The van der Waals surface area contributed by atoms with E-state index < -0.39 is 132 Å². The molecule has 6 saturated heterocycles. The molecule has 36 heteroatoms. The molecule has 6 atom stereocenters. The van der Waals surface area contributed by atoms with Crippen LogP contribution >= 0.6 is 0 Å². The van der Waals surface area contributed by atoms with Crippen molar-refractivity contribution in [2.45, 2.75) is 184 Å². The fraction of sp³-hybridized carbons (Fsp3) is 0.417. The van der Waals surface area contributed by atoms with Crippen LogP contribution in [-0.4, -0.2) is 161 Å². The molecule has 6 aromatic carbocycles. The van der Waals surface area contributed by atoms with Crippen LogP contribution in [0.3, 0.4) is 0 Å². The van der Waals surface area contributed by atoms with Crippen LogP contribution in [0.2, 0.25) is 0 Å². The molecule has 0 radical (unpaired) electrons. The van der Waals surface area contributed by atoms with Crippen molar-refractivity contribution in [2.24, 2.45) is 0 Å². The van der Waals surface area contributed by atoms with E-state index >= 15 is 0 Å². The molecule has 588 valence electrons. The standard InChI is InChI=1S/6C12H16N2O3S/c2*1-9-4-2-5-10(8-9)18(16,17)14-12(15)11-6-3-7-13-11;2*1-9-4-6-10(7-5-9)18(16,17)14-12(15)11-3-2-8-13-11;2*1-9-5-2-3-7-11(9)18(16,17)14-12(15)10-6-4-8-13-10/h2*2,4-5,8,11,13H,3,6-7H2,1H3,(H,14,15);2*4-7,11,13H,2-3,8H2,1H3,(H,14,15);2*2-3,5,7,10,13H,4,6,8H2,1H3,(H,14,15)/t4*11-;2*10-/m101010/s1. The summed E-state index contributed by atoms with van der Waals surface area (Å²) in [7, 11) is -22.6. The highest BCUT2D eigenvalue weighted by atomic mass is 32.2. The maximum Gasteiger partial charge on any atom is 0.264 e. The van der Waals surface area contributed by atoms with Crippen molar-refractivity contribution in [1.29, 1.82) is 0 Å². The Morgan fingerprint density at radius 3 is 0.694 bits per heavy atom. The summed E-state index contributed by atoms with van der Waals surface area (Å²) in [6.07, 6.45) is 9.40. The summed E-state index contributed by atoms with van der Waals surface area (Å²) in [5.74, 6) is -2.87. The van der Waals surface area contributed by atoms with E-state index in [1.54, 1.807) is 113 Å². The number of carbonyl (C=O) groups excluding carboxylic acids is 6. The van der Waals surface area contributed by atoms with E-state index in [0.717, 1.165) is 100 Å². The van der Waals surface area contributed by atoms with E-state index in [0.29, 0.717) is 49.7 Å². The van der Waals surface area contributed by atoms with E-state index in [2.05, 4.69) is 60.2 Å². The molecule has 6 aliphatic rings. The third-order valence-corrected chi connectivity index (χ3v) is 26.1. The van der Waals surface area contributed by atoms with Crippen molar-refractivity contribution in [3.05, 3.63) is 179 Å². The second kappa shape index (κ2) is 39.8. The molecule has 30 nitrogen and oxygen atoms in total. The molecule has 6 aliphatic heterocycles. The Bertz CT molecular complexity index is 4520. The SMILES string of the molecule is Cc1ccc(S(=O)(=O)NC(=O)[C@@H]2CCCN2)cc1.Cc1ccc(S(=O)(=O)NC(=O)[C@H]2CCCN2)cc1.Cc1cccc(S(=O)(=O)NC(=O)[C@@H]2CCCN2)c1.Cc1cccc(S(=O)(=O)NC(=O)[C@H]2CCCN2)c1.Cc1ccccc1S(=O)(=O)NC(=O)[C@@H]1CCCN1.Cc1ccccc1S(=O)(=O)NC(=O)[C@H]1CCCN1. The van der Waals surface area contributed by atoms with Crippen molar-refractivity contribution < 1.29 is 79.3 Å². The largest absolute Gasteiger partial charge is 0.306 e. The van der Waals surface area contributed by atoms with Gasteiger partial charge in [0, 0.05) is 0 Å². The molecular formula is C72H96N12O18S6. The third-order valence-electron chi connectivity index (χ3n) is 17.7. The molecule has 108 heavy (non-hydrogen) atoms. The Kier molecular flexibility index (Phi) is 32.0. The first-order chi connectivity index (χ1) is 51.0. The zero-order valence-corrected chi connectivity index (χ0v) is 65.7. The molecule has 6 fully saturated rings. The Labute approximate surface area is 633 Å². The molecular weight excluding hydrogens is 1510 g/mol. The number of benzene rings is 6. The molecule has 6 amide bonds. The zero-order valence-electron chi connectivity index (χ0n) is 60.8. The molecule has 0 saturated carbocycles. The van der Waals surface area contributed by atoms with Gasteiger partial charge < -0.3 is 31.9 Å². The van der Waals surface area contributed by atoms with E-state index in [1.807, 2.05) is 13.8 Å². The van der Waals surface area contributed by atoms with Gasteiger partial charge in [0.1, 0.15) is 0 Å². The van der Waals surface area contributed by atoms with Gasteiger partial charge in [-0.15, -0.1) is 0 Å².